The van der Waals surface area contributed by atoms with E-state index in [1.165, 1.54) is 0 Å². The third-order valence-corrected chi connectivity index (χ3v) is 1.57. The summed E-state index contributed by atoms with van der Waals surface area (Å²) in [7, 11) is 0. The highest BCUT2D eigenvalue weighted by Crippen LogP contribution is 2.14. The number of hydrogen-bond acceptors (Lipinski definition) is 2. The topological polar surface area (TPSA) is 63.3 Å². The van der Waals surface area contributed by atoms with Gasteiger partial charge in [0.05, 0.1) is 6.10 Å². The van der Waals surface area contributed by atoms with Gasteiger partial charge in [0.15, 0.2) is 0 Å². The molecule has 0 radical (unpaired) electrons. The Morgan fingerprint density at radius 1 is 1.46 bits per heavy atom. The molecule has 0 aliphatic carbocycles. The average molecular weight is 181 g/mol. The van der Waals surface area contributed by atoms with Crippen LogP contribution in [0.4, 0.5) is 0 Å². The van der Waals surface area contributed by atoms with E-state index in [4.69, 9.17) is 4.79 Å². The molecule has 0 fully saturated rings. The maximum Gasteiger partial charge on any atom is 0.204 e. The van der Waals surface area contributed by atoms with Crippen LogP contribution in [0.5, 0.6) is 0 Å². The van der Waals surface area contributed by atoms with Crippen LogP contribution in [-0.4, -0.2) is 11.5 Å². The Morgan fingerprint density at radius 3 is 2.31 bits per heavy atom. The minimum Gasteiger partial charge on any atom is -0.388 e. The second kappa shape index (κ2) is 7.31. The first kappa shape index (κ1) is 11.6. The Labute approximate surface area is 78.2 Å². The molecule has 0 aliphatic rings. The molecular weight excluding hydrogens is 166 g/mol. The molecule has 1 aromatic rings. The number of aliphatic hydroxyl groups is 1. The van der Waals surface area contributed by atoms with Gasteiger partial charge in [-0.3, -0.25) is 4.79 Å². The number of primary amides is 1. The molecule has 1 aromatic carbocycles. The molecule has 0 saturated carbocycles. The van der Waals surface area contributed by atoms with E-state index in [0.717, 1.165) is 12.0 Å². The minimum atomic E-state index is -0.291. The van der Waals surface area contributed by atoms with Gasteiger partial charge in [-0.2, -0.15) is 0 Å². The lowest BCUT2D eigenvalue weighted by Gasteiger charge is -2.05. The summed E-state index contributed by atoms with van der Waals surface area (Å²) in [6, 6.07) is 9.70. The van der Waals surface area contributed by atoms with Gasteiger partial charge in [-0.05, 0) is 12.0 Å². The van der Waals surface area contributed by atoms with Gasteiger partial charge in [0.1, 0.15) is 0 Å². The van der Waals surface area contributed by atoms with E-state index in [0.29, 0.717) is 0 Å². The Kier molecular flexibility index (Phi) is 6.55. The smallest absolute Gasteiger partial charge is 0.204 e. The van der Waals surface area contributed by atoms with E-state index in [2.05, 4.69) is 5.73 Å². The lowest BCUT2D eigenvalue weighted by atomic mass is 10.1. The van der Waals surface area contributed by atoms with Crippen molar-refractivity contribution < 1.29 is 9.90 Å². The maximum absolute atomic E-state index is 9.33. The quantitative estimate of drug-likeness (QED) is 0.674. The predicted molar refractivity (Wildman–Crippen MR) is 51.9 cm³/mol. The third-order valence-electron chi connectivity index (χ3n) is 1.57. The number of carbonyl (C=O) groups is 1. The van der Waals surface area contributed by atoms with E-state index < -0.39 is 0 Å². The summed E-state index contributed by atoms with van der Waals surface area (Å²) in [5.74, 6) is 0. The highest BCUT2D eigenvalue weighted by atomic mass is 16.3. The molecule has 1 rings (SSSR count). The van der Waals surface area contributed by atoms with Crippen LogP contribution < -0.4 is 5.73 Å². The normalized spacial score (nSPS) is 10.9. The van der Waals surface area contributed by atoms with Gasteiger partial charge in [-0.15, -0.1) is 0 Å². The molecule has 13 heavy (non-hydrogen) atoms. The Morgan fingerprint density at radius 2 is 1.92 bits per heavy atom. The zero-order valence-electron chi connectivity index (χ0n) is 7.68. The van der Waals surface area contributed by atoms with Crippen molar-refractivity contribution in [2.45, 2.75) is 19.4 Å². The first-order chi connectivity index (χ1) is 6.26. The highest BCUT2D eigenvalue weighted by Gasteiger charge is 2.00. The van der Waals surface area contributed by atoms with Gasteiger partial charge in [-0.1, -0.05) is 37.3 Å². The number of benzene rings is 1. The molecule has 0 bridgehead atoms. The zero-order valence-corrected chi connectivity index (χ0v) is 7.68. The van der Waals surface area contributed by atoms with Gasteiger partial charge in [0.25, 0.3) is 0 Å². The Balaban J connectivity index is 0.000000424. The van der Waals surface area contributed by atoms with E-state index in [-0.39, 0.29) is 12.5 Å². The summed E-state index contributed by atoms with van der Waals surface area (Å²) in [5.41, 5.74) is 5.17. The van der Waals surface area contributed by atoms with Gasteiger partial charge in [-0.25, -0.2) is 0 Å². The number of carbonyl (C=O) groups excluding carboxylic acids is 1. The number of nitrogens with two attached hydrogens (primary N) is 1. The summed E-state index contributed by atoms with van der Waals surface area (Å²) < 4.78 is 0. The van der Waals surface area contributed by atoms with Crippen LogP contribution in [0.1, 0.15) is 25.0 Å². The van der Waals surface area contributed by atoms with Crippen molar-refractivity contribution in [2.75, 3.05) is 0 Å². The lowest BCUT2D eigenvalue weighted by Crippen LogP contribution is -1.93. The van der Waals surface area contributed by atoms with E-state index >= 15 is 0 Å². The zero-order chi connectivity index (χ0) is 10.1. The van der Waals surface area contributed by atoms with Crippen LogP contribution in [0.15, 0.2) is 30.3 Å². The van der Waals surface area contributed by atoms with Crippen molar-refractivity contribution in [1.82, 2.24) is 0 Å². The second-order valence-corrected chi connectivity index (χ2v) is 2.47. The van der Waals surface area contributed by atoms with Crippen molar-refractivity contribution in [2.24, 2.45) is 5.73 Å². The van der Waals surface area contributed by atoms with E-state index in [9.17, 15) is 5.11 Å². The van der Waals surface area contributed by atoms with Crippen LogP contribution in [0.25, 0.3) is 0 Å². The van der Waals surface area contributed by atoms with Crippen LogP contribution in [0.2, 0.25) is 0 Å². The highest BCUT2D eigenvalue weighted by molar-refractivity contribution is 5.42. The molecule has 3 heteroatoms. The van der Waals surface area contributed by atoms with Crippen LogP contribution in [-0.2, 0) is 4.79 Å². The molecule has 3 N–H and O–H groups in total. The van der Waals surface area contributed by atoms with E-state index in [1.807, 2.05) is 37.3 Å². The van der Waals surface area contributed by atoms with Crippen LogP contribution >= 0.6 is 0 Å². The molecule has 0 aliphatic heterocycles. The fraction of sp³-hybridized carbons (Fsp3) is 0.300. The van der Waals surface area contributed by atoms with Gasteiger partial charge in [0.2, 0.25) is 6.41 Å². The number of amides is 1. The molecule has 0 spiro atoms. The van der Waals surface area contributed by atoms with E-state index in [1.54, 1.807) is 0 Å². The maximum atomic E-state index is 9.33. The monoisotopic (exact) mass is 181 g/mol. The predicted octanol–water partition coefficient (Wildman–Crippen LogP) is 1.23. The molecule has 1 unspecified atom stereocenters. The fourth-order valence-corrected chi connectivity index (χ4v) is 0.911. The number of rotatable bonds is 2. The second-order valence-electron chi connectivity index (χ2n) is 2.47. The van der Waals surface area contributed by atoms with Gasteiger partial charge < -0.3 is 10.8 Å². The Hall–Kier alpha value is -1.35. The summed E-state index contributed by atoms with van der Waals surface area (Å²) in [6.45, 7) is 1.97. The first-order valence-corrected chi connectivity index (χ1v) is 4.14. The standard InChI is InChI=1S/C9H12O.CH3NO/c1-2-9(10)8-6-4-3-5-7-8;2-1-3/h3-7,9-10H,2H2,1H3;1H,(H2,2,3). The summed E-state index contributed by atoms with van der Waals surface area (Å²) in [5, 5.41) is 9.33. The first-order valence-electron chi connectivity index (χ1n) is 4.14. The van der Waals surface area contributed by atoms with Crippen molar-refractivity contribution in [3.63, 3.8) is 0 Å². The van der Waals surface area contributed by atoms with Crippen molar-refractivity contribution >= 4 is 6.41 Å². The summed E-state index contributed by atoms with van der Waals surface area (Å²) in [4.78, 5) is 8.58. The van der Waals surface area contributed by atoms with Gasteiger partial charge in [0, 0.05) is 0 Å². The fourth-order valence-electron chi connectivity index (χ4n) is 0.911. The summed E-state index contributed by atoms with van der Waals surface area (Å²) in [6.07, 6.45) is 0.741. The van der Waals surface area contributed by atoms with Crippen molar-refractivity contribution in [3.8, 4) is 0 Å². The molecule has 0 heterocycles. The molecule has 1 amide bonds. The third kappa shape index (κ3) is 4.98. The minimum absolute atomic E-state index is 0.250. The molecule has 0 saturated heterocycles. The van der Waals surface area contributed by atoms with Crippen LogP contribution in [0, 0.1) is 0 Å². The van der Waals surface area contributed by atoms with Crippen LogP contribution in [0.3, 0.4) is 0 Å². The van der Waals surface area contributed by atoms with Crippen molar-refractivity contribution in [1.29, 1.82) is 0 Å². The van der Waals surface area contributed by atoms with Gasteiger partial charge >= 0.3 is 0 Å². The molecule has 0 aromatic heterocycles. The molecule has 72 valence electrons. The lowest BCUT2D eigenvalue weighted by molar-refractivity contribution is -0.106. The SMILES string of the molecule is CCC(O)c1ccccc1.NC=O. The molecule has 1 atom stereocenters. The summed E-state index contributed by atoms with van der Waals surface area (Å²) >= 11 is 0. The molecule has 3 nitrogen and oxygen atoms in total. The number of hydrogen-bond donors (Lipinski definition) is 2. The average Bonchev–Trinajstić information content (AvgIpc) is 2.19. The Bertz CT molecular complexity index is 224. The molecular formula is C10H15NO2. The number of aliphatic hydroxyl groups excluding tert-OH is 1. The largest absolute Gasteiger partial charge is 0.388 e. The van der Waals surface area contributed by atoms with Crippen molar-refractivity contribution in [3.05, 3.63) is 35.9 Å².